The minimum absolute atomic E-state index is 0.186. The van der Waals surface area contributed by atoms with Crippen molar-refractivity contribution in [1.82, 2.24) is 0 Å². The van der Waals surface area contributed by atoms with E-state index >= 15 is 0 Å². The first-order chi connectivity index (χ1) is 7.27. The maximum absolute atomic E-state index is 13.1. The quantitative estimate of drug-likeness (QED) is 0.826. The fraction of sp³-hybridized carbons (Fsp3) is 0.500. The van der Waals surface area contributed by atoms with Gasteiger partial charge in [0, 0.05) is 0 Å². The van der Waals surface area contributed by atoms with E-state index in [0.717, 1.165) is 12.8 Å². The van der Waals surface area contributed by atoms with Crippen molar-refractivity contribution in [2.75, 3.05) is 6.61 Å². The Bertz CT molecular complexity index is 323. The normalized spacial score (nSPS) is 18.3. The largest absolute Gasteiger partial charge is 0.488 e. The SMILES string of the molecule is OC(COc1ccccc1F)C1CCC1. The van der Waals surface area contributed by atoms with Crippen molar-refractivity contribution in [2.45, 2.75) is 25.4 Å². The zero-order valence-corrected chi connectivity index (χ0v) is 8.53. The van der Waals surface area contributed by atoms with E-state index in [1.807, 2.05) is 0 Å². The lowest BCUT2D eigenvalue weighted by Gasteiger charge is -2.30. The molecular weight excluding hydrogens is 195 g/mol. The molecule has 3 heteroatoms. The van der Waals surface area contributed by atoms with Gasteiger partial charge in [-0.1, -0.05) is 18.6 Å². The summed E-state index contributed by atoms with van der Waals surface area (Å²) < 4.78 is 18.4. The Morgan fingerprint density at radius 2 is 2.13 bits per heavy atom. The minimum atomic E-state index is -0.460. The van der Waals surface area contributed by atoms with Gasteiger partial charge < -0.3 is 9.84 Å². The van der Waals surface area contributed by atoms with Crippen molar-refractivity contribution in [3.63, 3.8) is 0 Å². The summed E-state index contributed by atoms with van der Waals surface area (Å²) in [4.78, 5) is 0. The van der Waals surface area contributed by atoms with Crippen LogP contribution in [-0.4, -0.2) is 17.8 Å². The maximum Gasteiger partial charge on any atom is 0.165 e. The predicted molar refractivity (Wildman–Crippen MR) is 55.2 cm³/mol. The van der Waals surface area contributed by atoms with Gasteiger partial charge in [0.1, 0.15) is 6.61 Å². The van der Waals surface area contributed by atoms with Crippen LogP contribution in [0.5, 0.6) is 5.75 Å². The molecule has 1 saturated carbocycles. The van der Waals surface area contributed by atoms with Crippen LogP contribution >= 0.6 is 0 Å². The summed E-state index contributed by atoms with van der Waals surface area (Å²) in [6, 6.07) is 6.26. The van der Waals surface area contributed by atoms with E-state index < -0.39 is 6.10 Å². The van der Waals surface area contributed by atoms with Crippen LogP contribution in [0, 0.1) is 11.7 Å². The molecule has 0 aromatic heterocycles. The van der Waals surface area contributed by atoms with Gasteiger partial charge in [-0.05, 0) is 30.9 Å². The van der Waals surface area contributed by atoms with E-state index in [4.69, 9.17) is 4.74 Å². The molecule has 1 aliphatic carbocycles. The summed E-state index contributed by atoms with van der Waals surface area (Å²) in [5, 5.41) is 9.67. The van der Waals surface area contributed by atoms with Gasteiger partial charge in [0.25, 0.3) is 0 Å². The highest BCUT2D eigenvalue weighted by Gasteiger charge is 2.26. The minimum Gasteiger partial charge on any atom is -0.488 e. The van der Waals surface area contributed by atoms with Crippen LogP contribution in [0.15, 0.2) is 24.3 Å². The molecule has 1 atom stereocenters. The molecule has 1 aromatic rings. The van der Waals surface area contributed by atoms with Crippen molar-refractivity contribution in [3.8, 4) is 5.75 Å². The van der Waals surface area contributed by atoms with Gasteiger partial charge in [-0.3, -0.25) is 0 Å². The molecule has 0 aliphatic heterocycles. The Hall–Kier alpha value is -1.09. The third-order valence-electron chi connectivity index (χ3n) is 2.94. The fourth-order valence-corrected chi connectivity index (χ4v) is 1.70. The third-order valence-corrected chi connectivity index (χ3v) is 2.94. The maximum atomic E-state index is 13.1. The number of benzene rings is 1. The first-order valence-electron chi connectivity index (χ1n) is 5.33. The van der Waals surface area contributed by atoms with Crippen LogP contribution in [-0.2, 0) is 0 Å². The first kappa shape index (κ1) is 10.4. The number of aliphatic hydroxyl groups is 1. The summed E-state index contributed by atoms with van der Waals surface area (Å²) in [6.45, 7) is 0.186. The number of rotatable bonds is 4. The van der Waals surface area contributed by atoms with Crippen LogP contribution in [0.3, 0.4) is 0 Å². The van der Waals surface area contributed by atoms with Crippen LogP contribution in [0.4, 0.5) is 4.39 Å². The number of halogens is 1. The highest BCUT2D eigenvalue weighted by molar-refractivity contribution is 5.23. The first-order valence-corrected chi connectivity index (χ1v) is 5.33. The van der Waals surface area contributed by atoms with E-state index in [1.54, 1.807) is 18.2 Å². The molecule has 0 heterocycles. The zero-order valence-electron chi connectivity index (χ0n) is 8.53. The second kappa shape index (κ2) is 4.62. The standard InChI is InChI=1S/C12H15FO2/c13-10-6-1-2-7-12(10)15-8-11(14)9-4-3-5-9/h1-2,6-7,9,11,14H,3-5,8H2. The summed E-state index contributed by atoms with van der Waals surface area (Å²) >= 11 is 0. The van der Waals surface area contributed by atoms with Crippen molar-refractivity contribution in [3.05, 3.63) is 30.1 Å². The lowest BCUT2D eigenvalue weighted by Crippen LogP contribution is -2.31. The Balaban J connectivity index is 1.84. The second-order valence-electron chi connectivity index (χ2n) is 4.00. The van der Waals surface area contributed by atoms with E-state index in [1.165, 1.54) is 12.5 Å². The average Bonchev–Trinajstić information content (AvgIpc) is 2.14. The molecule has 1 N–H and O–H groups in total. The lowest BCUT2D eigenvalue weighted by molar-refractivity contribution is 0.0230. The van der Waals surface area contributed by atoms with Gasteiger partial charge in [0.05, 0.1) is 6.10 Å². The van der Waals surface area contributed by atoms with E-state index in [2.05, 4.69) is 0 Å². The predicted octanol–water partition coefficient (Wildman–Crippen LogP) is 2.37. The Morgan fingerprint density at radius 1 is 1.40 bits per heavy atom. The van der Waals surface area contributed by atoms with Crippen molar-refractivity contribution >= 4 is 0 Å². The summed E-state index contributed by atoms with van der Waals surface area (Å²) in [5.41, 5.74) is 0. The monoisotopic (exact) mass is 210 g/mol. The smallest absolute Gasteiger partial charge is 0.165 e. The Labute approximate surface area is 88.7 Å². The molecule has 1 unspecified atom stereocenters. The molecule has 82 valence electrons. The van der Waals surface area contributed by atoms with E-state index in [-0.39, 0.29) is 18.2 Å². The molecule has 15 heavy (non-hydrogen) atoms. The van der Waals surface area contributed by atoms with Crippen LogP contribution < -0.4 is 4.74 Å². The highest BCUT2D eigenvalue weighted by Crippen LogP contribution is 2.30. The van der Waals surface area contributed by atoms with Gasteiger partial charge >= 0.3 is 0 Å². The van der Waals surface area contributed by atoms with Crippen molar-refractivity contribution in [1.29, 1.82) is 0 Å². The molecule has 0 saturated heterocycles. The molecule has 0 amide bonds. The van der Waals surface area contributed by atoms with Crippen molar-refractivity contribution < 1.29 is 14.2 Å². The molecule has 0 bridgehead atoms. The van der Waals surface area contributed by atoms with Gasteiger partial charge in [-0.25, -0.2) is 4.39 Å². The number of aliphatic hydroxyl groups excluding tert-OH is 1. The number of hydrogen-bond acceptors (Lipinski definition) is 2. The van der Waals surface area contributed by atoms with Crippen LogP contribution in [0.2, 0.25) is 0 Å². The average molecular weight is 210 g/mol. The summed E-state index contributed by atoms with van der Waals surface area (Å²) in [7, 11) is 0. The molecule has 0 spiro atoms. The fourth-order valence-electron chi connectivity index (χ4n) is 1.70. The number of ether oxygens (including phenoxy) is 1. The lowest BCUT2D eigenvalue weighted by atomic mass is 9.81. The van der Waals surface area contributed by atoms with Crippen LogP contribution in [0.1, 0.15) is 19.3 Å². The van der Waals surface area contributed by atoms with Gasteiger partial charge in [-0.15, -0.1) is 0 Å². The van der Waals surface area contributed by atoms with Gasteiger partial charge in [0.2, 0.25) is 0 Å². The Morgan fingerprint density at radius 3 is 2.73 bits per heavy atom. The number of hydrogen-bond donors (Lipinski definition) is 1. The molecule has 1 aromatic carbocycles. The van der Waals surface area contributed by atoms with Gasteiger partial charge in [-0.2, -0.15) is 0 Å². The third kappa shape index (κ3) is 2.48. The molecule has 1 fully saturated rings. The number of para-hydroxylation sites is 1. The topological polar surface area (TPSA) is 29.5 Å². The zero-order chi connectivity index (χ0) is 10.7. The molecular formula is C12H15FO2. The van der Waals surface area contributed by atoms with Crippen LogP contribution in [0.25, 0.3) is 0 Å². The van der Waals surface area contributed by atoms with Gasteiger partial charge in [0.15, 0.2) is 11.6 Å². The van der Waals surface area contributed by atoms with E-state index in [0.29, 0.717) is 5.92 Å². The highest BCUT2D eigenvalue weighted by atomic mass is 19.1. The molecule has 0 radical (unpaired) electrons. The summed E-state index contributed by atoms with van der Waals surface area (Å²) in [5.74, 6) is 0.186. The molecule has 2 nitrogen and oxygen atoms in total. The van der Waals surface area contributed by atoms with Crippen molar-refractivity contribution in [2.24, 2.45) is 5.92 Å². The Kier molecular flexibility index (Phi) is 3.21. The summed E-state index contributed by atoms with van der Waals surface area (Å²) in [6.07, 6.45) is 2.84. The molecule has 2 rings (SSSR count). The second-order valence-corrected chi connectivity index (χ2v) is 4.00. The molecule has 1 aliphatic rings. The van der Waals surface area contributed by atoms with E-state index in [9.17, 15) is 9.50 Å².